The maximum absolute atomic E-state index is 14.8. The number of guanidine groups is 2. The molecule has 26 heteroatoms. The molecular formula is C54H75N17O9. The van der Waals surface area contributed by atoms with Crippen molar-refractivity contribution in [2.75, 3.05) is 26.2 Å². The summed E-state index contributed by atoms with van der Waals surface area (Å²) < 4.78 is 0. The van der Waals surface area contributed by atoms with Crippen molar-refractivity contribution in [1.82, 2.24) is 58.2 Å². The number of hydrogen-bond acceptors (Lipinski definition) is 12. The van der Waals surface area contributed by atoms with Gasteiger partial charge in [0.2, 0.25) is 53.2 Å². The van der Waals surface area contributed by atoms with Crippen molar-refractivity contribution in [2.45, 2.75) is 120 Å². The fraction of sp³-hybridized carbons (Fsp3) is 0.426. The van der Waals surface area contributed by atoms with Gasteiger partial charge in [0.15, 0.2) is 11.9 Å². The topological polar surface area (TPSA) is 441 Å². The van der Waals surface area contributed by atoms with Crippen LogP contribution in [0.5, 0.6) is 0 Å². The van der Waals surface area contributed by atoms with E-state index < -0.39 is 95.5 Å². The minimum atomic E-state index is -1.49. The monoisotopic (exact) mass is 1110 g/mol. The van der Waals surface area contributed by atoms with Crippen LogP contribution in [0.2, 0.25) is 0 Å². The molecule has 0 spiro atoms. The van der Waals surface area contributed by atoms with E-state index in [9.17, 15) is 43.2 Å². The molecule has 80 heavy (non-hydrogen) atoms. The van der Waals surface area contributed by atoms with Crippen LogP contribution in [0.15, 0.2) is 85.1 Å². The number of amides is 9. The van der Waals surface area contributed by atoms with E-state index >= 15 is 0 Å². The third-order valence-electron chi connectivity index (χ3n) is 13.2. The number of carbonyl (C=O) groups excluding carboxylic acids is 9. The lowest BCUT2D eigenvalue weighted by atomic mass is 9.99. The fourth-order valence-electron chi connectivity index (χ4n) is 9.00. The van der Waals surface area contributed by atoms with Crippen LogP contribution >= 0.6 is 0 Å². The number of aromatic nitrogens is 1. The van der Waals surface area contributed by atoms with Gasteiger partial charge >= 0.3 is 0 Å². The highest BCUT2D eigenvalue weighted by Gasteiger charge is 2.35. The average molecular weight is 1110 g/mol. The Kier molecular flexibility index (Phi) is 24.2. The second kappa shape index (κ2) is 31.4. The van der Waals surface area contributed by atoms with Gasteiger partial charge in [0.1, 0.15) is 42.3 Å². The maximum Gasteiger partial charge on any atom is 0.243 e. The van der Waals surface area contributed by atoms with Gasteiger partial charge in [0.25, 0.3) is 0 Å². The van der Waals surface area contributed by atoms with Crippen molar-refractivity contribution in [1.29, 1.82) is 10.8 Å². The lowest BCUT2D eigenvalue weighted by molar-refractivity contribution is -0.136. The first-order chi connectivity index (χ1) is 38.3. The number of nitrogens with two attached hydrogens (primary N) is 4. The van der Waals surface area contributed by atoms with E-state index in [2.05, 4.69) is 58.2 Å². The molecule has 21 N–H and O–H groups in total. The van der Waals surface area contributed by atoms with Crippen LogP contribution in [0.4, 0.5) is 0 Å². The number of H-pyrrole nitrogens is 1. The van der Waals surface area contributed by atoms with Gasteiger partial charge in [-0.3, -0.25) is 54.0 Å². The van der Waals surface area contributed by atoms with Crippen molar-refractivity contribution in [3.05, 3.63) is 96.2 Å². The zero-order valence-electron chi connectivity index (χ0n) is 44.7. The Morgan fingerprint density at radius 3 is 1.89 bits per heavy atom. The van der Waals surface area contributed by atoms with E-state index in [0.29, 0.717) is 11.1 Å². The molecule has 1 aliphatic heterocycles. The van der Waals surface area contributed by atoms with E-state index in [1.807, 2.05) is 66.7 Å². The normalized spacial score (nSPS) is 20.5. The summed E-state index contributed by atoms with van der Waals surface area (Å²) in [5.74, 6) is -7.68. The Morgan fingerprint density at radius 2 is 1.24 bits per heavy atom. The number of rotatable bonds is 19. The first kappa shape index (κ1) is 61.8. The van der Waals surface area contributed by atoms with Gasteiger partial charge in [-0.25, -0.2) is 0 Å². The summed E-state index contributed by atoms with van der Waals surface area (Å²) in [6, 6.07) is 14.5. The van der Waals surface area contributed by atoms with Gasteiger partial charge in [0.05, 0.1) is 0 Å². The molecule has 4 aromatic rings. The summed E-state index contributed by atoms with van der Waals surface area (Å²) in [5, 5.41) is 42.6. The predicted octanol–water partition coefficient (Wildman–Crippen LogP) is -1.92. The van der Waals surface area contributed by atoms with E-state index in [0.717, 1.165) is 22.0 Å². The molecule has 1 aromatic heterocycles. The number of benzene rings is 3. The Labute approximate surface area is 463 Å². The molecule has 9 amide bonds. The minimum Gasteiger partial charge on any atom is -0.370 e. The van der Waals surface area contributed by atoms with Crippen molar-refractivity contribution < 1.29 is 43.2 Å². The SMILES string of the molecule is CC(=O)N[C@@H](CCCNC(=N)N)C(=O)N[C@H]1CCC(=O)NCCCC(C(N)=O)NC(=O)[C@H](Cc2c[nH]c3ccccc23)NC(=O)[C@H](CCCNC(=N)N)NC(=O)[C@@H](Cc2ccc(-c3ccccc3)cc2)NC(=O)[C@H](CCN)NC1=O. The smallest absolute Gasteiger partial charge is 0.243 e. The van der Waals surface area contributed by atoms with Crippen molar-refractivity contribution >= 4 is 76.0 Å². The zero-order valence-corrected chi connectivity index (χ0v) is 44.7. The number of fused-ring (bicyclic) bond motifs is 1. The summed E-state index contributed by atoms with van der Waals surface area (Å²) in [6.45, 7) is 1.33. The molecule has 0 aliphatic carbocycles. The maximum atomic E-state index is 14.8. The standard InChI is InChI=1S/C54H75N17O9/c1-31(72)65-39(15-8-26-62-53(57)58)47(75)68-41-21-22-45(73)61-25-7-14-38(46(56)74)66-52(80)44(29-35-30-64-37-13-6-5-12-36(35)37)71-48(76)40(16-9-27-63-54(59)60)67-51(79)43(70-50(78)42(23-24-55)69-49(41)77)28-32-17-19-34(20-18-32)33-10-3-2-4-11-33/h2-6,10-13,17-20,30,38-44,64H,7-9,14-16,21-29,55H2,1H3,(H2,56,74)(H,61,73)(H,65,72)(H,66,80)(H,67,79)(H,68,75)(H,69,77)(H,70,78)(H,71,76)(H4,57,58,62)(H4,59,60,63)/t38?,39-,40-,41-,42-,43+,44-/m0/s1. The van der Waals surface area contributed by atoms with Crippen molar-refractivity contribution in [3.8, 4) is 11.1 Å². The van der Waals surface area contributed by atoms with Crippen LogP contribution in [-0.4, -0.2) is 139 Å². The van der Waals surface area contributed by atoms with Crippen LogP contribution in [0.3, 0.4) is 0 Å². The van der Waals surface area contributed by atoms with E-state index in [4.69, 9.17) is 33.8 Å². The van der Waals surface area contributed by atoms with Crippen LogP contribution in [0, 0.1) is 10.8 Å². The molecule has 1 aliphatic rings. The summed E-state index contributed by atoms with van der Waals surface area (Å²) in [6.07, 6.45) is 1.10. The highest BCUT2D eigenvalue weighted by Crippen LogP contribution is 2.22. The van der Waals surface area contributed by atoms with Crippen LogP contribution in [-0.2, 0) is 56.0 Å². The molecule has 2 heterocycles. The molecule has 3 aromatic carbocycles. The highest BCUT2D eigenvalue weighted by molar-refractivity contribution is 5.98. The van der Waals surface area contributed by atoms with Crippen LogP contribution < -0.4 is 76.1 Å². The summed E-state index contributed by atoms with van der Waals surface area (Å²) in [5.41, 5.74) is 26.5. The molecule has 0 saturated carbocycles. The molecule has 1 fully saturated rings. The number of primary amides is 1. The van der Waals surface area contributed by atoms with Crippen molar-refractivity contribution in [3.63, 3.8) is 0 Å². The van der Waals surface area contributed by atoms with Crippen LogP contribution in [0.25, 0.3) is 22.0 Å². The number of aromatic amines is 1. The molecule has 430 valence electrons. The lowest BCUT2D eigenvalue weighted by Crippen LogP contribution is -2.60. The van der Waals surface area contributed by atoms with Crippen molar-refractivity contribution in [2.24, 2.45) is 22.9 Å². The van der Waals surface area contributed by atoms with Gasteiger partial charge in [-0.05, 0) is 86.2 Å². The molecule has 0 bridgehead atoms. The Hall–Kier alpha value is -9.07. The van der Waals surface area contributed by atoms with Gasteiger partial charge < -0.3 is 81.1 Å². The number of para-hydroxylation sites is 1. The fourth-order valence-corrected chi connectivity index (χ4v) is 9.00. The predicted molar refractivity (Wildman–Crippen MR) is 299 cm³/mol. The van der Waals surface area contributed by atoms with Gasteiger partial charge in [-0.2, -0.15) is 0 Å². The number of hydrogen-bond donors (Lipinski definition) is 17. The molecule has 7 atom stereocenters. The molecular weight excluding hydrogens is 1030 g/mol. The van der Waals surface area contributed by atoms with Gasteiger partial charge in [-0.15, -0.1) is 0 Å². The molecule has 26 nitrogen and oxygen atoms in total. The lowest BCUT2D eigenvalue weighted by Gasteiger charge is -2.28. The summed E-state index contributed by atoms with van der Waals surface area (Å²) in [7, 11) is 0. The molecule has 5 rings (SSSR count). The average Bonchev–Trinajstić information content (AvgIpc) is 3.86. The Balaban J connectivity index is 1.54. The van der Waals surface area contributed by atoms with E-state index in [1.165, 1.54) is 6.92 Å². The van der Waals surface area contributed by atoms with Crippen LogP contribution in [0.1, 0.15) is 75.8 Å². The summed E-state index contributed by atoms with van der Waals surface area (Å²) in [4.78, 5) is 128. The quantitative estimate of drug-likeness (QED) is 0.0277. The third kappa shape index (κ3) is 20.1. The second-order valence-electron chi connectivity index (χ2n) is 19.4. The second-order valence-corrected chi connectivity index (χ2v) is 19.4. The third-order valence-corrected chi connectivity index (χ3v) is 13.2. The van der Waals surface area contributed by atoms with Gasteiger partial charge in [0, 0.05) is 62.9 Å². The van der Waals surface area contributed by atoms with E-state index in [-0.39, 0.29) is 109 Å². The highest BCUT2D eigenvalue weighted by atomic mass is 16.2. The number of carbonyl (C=O) groups is 9. The number of nitrogens with one attached hydrogen (secondary N) is 13. The minimum absolute atomic E-state index is 0.0208. The first-order valence-electron chi connectivity index (χ1n) is 26.5. The first-order valence-corrected chi connectivity index (χ1v) is 26.5. The Bertz CT molecular complexity index is 2810. The Morgan fingerprint density at radius 1 is 0.662 bits per heavy atom. The molecule has 0 radical (unpaired) electrons. The largest absolute Gasteiger partial charge is 0.370 e. The van der Waals surface area contributed by atoms with E-state index in [1.54, 1.807) is 18.3 Å². The molecule has 1 unspecified atom stereocenters. The molecule has 1 saturated heterocycles. The van der Waals surface area contributed by atoms with Gasteiger partial charge in [-0.1, -0.05) is 72.8 Å². The summed E-state index contributed by atoms with van der Waals surface area (Å²) >= 11 is 0. The zero-order chi connectivity index (χ0) is 58.1.